The van der Waals surface area contributed by atoms with Crippen molar-refractivity contribution < 1.29 is 19.8 Å². The summed E-state index contributed by atoms with van der Waals surface area (Å²) in [4.78, 5) is 22.3. The lowest BCUT2D eigenvalue weighted by atomic mass is 10.0. The first kappa shape index (κ1) is 14.2. The molecule has 0 saturated heterocycles. The predicted molar refractivity (Wildman–Crippen MR) is 66.2 cm³/mol. The van der Waals surface area contributed by atoms with Gasteiger partial charge in [-0.25, -0.2) is 4.79 Å². The smallest absolute Gasteiger partial charge is 0.337 e. The Balaban J connectivity index is 2.54. The summed E-state index contributed by atoms with van der Waals surface area (Å²) in [7, 11) is 0. The van der Waals surface area contributed by atoms with Crippen LogP contribution in [0.15, 0.2) is 24.3 Å². The molecule has 0 spiro atoms. The van der Waals surface area contributed by atoms with E-state index in [1.165, 1.54) is 0 Å². The van der Waals surface area contributed by atoms with Crippen molar-refractivity contribution in [2.45, 2.75) is 25.9 Å². The van der Waals surface area contributed by atoms with Crippen molar-refractivity contribution in [3.05, 3.63) is 35.4 Å². The highest BCUT2D eigenvalue weighted by atomic mass is 16.4. The van der Waals surface area contributed by atoms with Crippen LogP contribution in [0, 0.1) is 6.92 Å². The molecule has 0 aliphatic rings. The van der Waals surface area contributed by atoms with Gasteiger partial charge in [0.1, 0.15) is 0 Å². The van der Waals surface area contributed by atoms with Crippen LogP contribution in [-0.4, -0.2) is 34.2 Å². The summed E-state index contributed by atoms with van der Waals surface area (Å²) in [5, 5.41) is 20.5. The van der Waals surface area contributed by atoms with Crippen molar-refractivity contribution in [1.29, 1.82) is 0 Å². The van der Waals surface area contributed by atoms with Crippen molar-refractivity contribution in [3.63, 3.8) is 0 Å². The molecular weight excluding hydrogens is 234 g/mol. The second kappa shape index (κ2) is 5.64. The lowest BCUT2D eigenvalue weighted by Crippen LogP contribution is -2.46. The first-order valence-electron chi connectivity index (χ1n) is 5.60. The van der Waals surface area contributed by atoms with Crippen LogP contribution in [0.5, 0.6) is 0 Å². The molecule has 0 aliphatic heterocycles. The van der Waals surface area contributed by atoms with Gasteiger partial charge in [-0.2, -0.15) is 0 Å². The van der Waals surface area contributed by atoms with Crippen LogP contribution in [-0.2, 0) is 16.0 Å². The van der Waals surface area contributed by atoms with Gasteiger partial charge in [-0.05, 0) is 25.0 Å². The lowest BCUT2D eigenvalue weighted by molar-refractivity contribution is -0.156. The maximum atomic E-state index is 11.6. The molecule has 0 aliphatic carbocycles. The summed E-state index contributed by atoms with van der Waals surface area (Å²) in [6.07, 6.45) is 0.169. The molecule has 1 rings (SSSR count). The van der Waals surface area contributed by atoms with E-state index in [1.54, 1.807) is 0 Å². The van der Waals surface area contributed by atoms with Gasteiger partial charge in [-0.15, -0.1) is 0 Å². The third-order valence-electron chi connectivity index (χ3n) is 2.70. The molecule has 0 heterocycles. The molecule has 98 valence electrons. The van der Waals surface area contributed by atoms with Crippen LogP contribution in [0.4, 0.5) is 0 Å². The average Bonchev–Trinajstić information content (AvgIpc) is 2.29. The summed E-state index contributed by atoms with van der Waals surface area (Å²) in [5.74, 6) is -1.68. The third-order valence-corrected chi connectivity index (χ3v) is 2.70. The summed E-state index contributed by atoms with van der Waals surface area (Å²) in [5.41, 5.74) is -0.0656. The number of hydrogen-bond acceptors (Lipinski definition) is 3. The number of carboxylic acid groups (broad SMARTS) is 1. The fourth-order valence-electron chi connectivity index (χ4n) is 1.39. The molecule has 1 atom stereocenters. The number of rotatable bonds is 5. The Labute approximate surface area is 105 Å². The molecule has 0 bridgehead atoms. The minimum Gasteiger partial charge on any atom is -0.479 e. The predicted octanol–water partition coefficient (Wildman–Crippen LogP) is 0.489. The fourth-order valence-corrected chi connectivity index (χ4v) is 1.39. The Morgan fingerprint density at radius 3 is 2.50 bits per heavy atom. The van der Waals surface area contributed by atoms with Crippen LogP contribution >= 0.6 is 0 Å². The van der Waals surface area contributed by atoms with Crippen LogP contribution in [0.1, 0.15) is 18.1 Å². The molecule has 0 saturated carbocycles. The van der Waals surface area contributed by atoms with Gasteiger partial charge >= 0.3 is 5.97 Å². The second-order valence-electron chi connectivity index (χ2n) is 4.46. The van der Waals surface area contributed by atoms with Gasteiger partial charge in [0.15, 0.2) is 5.60 Å². The first-order valence-corrected chi connectivity index (χ1v) is 5.60. The normalized spacial score (nSPS) is 13.7. The van der Waals surface area contributed by atoms with Crippen molar-refractivity contribution >= 4 is 11.9 Å². The van der Waals surface area contributed by atoms with Gasteiger partial charge in [0, 0.05) is 0 Å². The number of carboxylic acids is 1. The highest BCUT2D eigenvalue weighted by molar-refractivity contribution is 5.81. The highest BCUT2D eigenvalue weighted by Crippen LogP contribution is 2.08. The number of amides is 1. The minimum absolute atomic E-state index is 0.169. The first-order chi connectivity index (χ1) is 8.33. The molecule has 1 amide bonds. The number of aliphatic hydroxyl groups is 1. The summed E-state index contributed by atoms with van der Waals surface area (Å²) < 4.78 is 0. The number of aliphatic carboxylic acids is 1. The Hall–Kier alpha value is -1.88. The Bertz CT molecular complexity index is 454. The second-order valence-corrected chi connectivity index (χ2v) is 4.46. The molecule has 1 aromatic carbocycles. The number of benzene rings is 1. The fraction of sp³-hybridized carbons (Fsp3) is 0.385. The van der Waals surface area contributed by atoms with E-state index in [1.807, 2.05) is 31.2 Å². The molecule has 1 aromatic rings. The number of carbonyl (C=O) groups is 2. The quantitative estimate of drug-likeness (QED) is 0.710. The molecule has 5 heteroatoms. The molecular formula is C13H17NO4. The number of hydrogen-bond donors (Lipinski definition) is 3. The maximum absolute atomic E-state index is 11.6. The van der Waals surface area contributed by atoms with E-state index < -0.39 is 11.6 Å². The molecule has 18 heavy (non-hydrogen) atoms. The molecule has 1 unspecified atom stereocenters. The van der Waals surface area contributed by atoms with E-state index in [4.69, 9.17) is 5.11 Å². The van der Waals surface area contributed by atoms with E-state index in [-0.39, 0.29) is 18.9 Å². The van der Waals surface area contributed by atoms with Crippen LogP contribution < -0.4 is 5.32 Å². The van der Waals surface area contributed by atoms with Crippen LogP contribution in [0.2, 0.25) is 0 Å². The van der Waals surface area contributed by atoms with E-state index in [2.05, 4.69) is 5.32 Å². The molecule has 0 fully saturated rings. The van der Waals surface area contributed by atoms with Crippen molar-refractivity contribution in [1.82, 2.24) is 5.32 Å². The summed E-state index contributed by atoms with van der Waals surface area (Å²) in [6.45, 7) is 2.73. The highest BCUT2D eigenvalue weighted by Gasteiger charge is 2.30. The largest absolute Gasteiger partial charge is 0.479 e. The van der Waals surface area contributed by atoms with Gasteiger partial charge in [0.2, 0.25) is 5.91 Å². The van der Waals surface area contributed by atoms with Crippen molar-refractivity contribution in [2.24, 2.45) is 0 Å². The van der Waals surface area contributed by atoms with Crippen LogP contribution in [0.3, 0.4) is 0 Å². The topological polar surface area (TPSA) is 86.6 Å². The minimum atomic E-state index is -1.94. The summed E-state index contributed by atoms with van der Waals surface area (Å²) in [6, 6.07) is 7.45. The monoisotopic (exact) mass is 251 g/mol. The zero-order valence-corrected chi connectivity index (χ0v) is 10.4. The zero-order valence-electron chi connectivity index (χ0n) is 10.4. The van der Waals surface area contributed by atoms with Crippen molar-refractivity contribution in [3.8, 4) is 0 Å². The third kappa shape index (κ3) is 3.85. The molecule has 5 nitrogen and oxygen atoms in total. The summed E-state index contributed by atoms with van der Waals surface area (Å²) >= 11 is 0. The zero-order chi connectivity index (χ0) is 13.8. The average molecular weight is 251 g/mol. The van der Waals surface area contributed by atoms with E-state index in [0.29, 0.717) is 0 Å². The molecule has 0 radical (unpaired) electrons. The van der Waals surface area contributed by atoms with E-state index in [9.17, 15) is 14.7 Å². The van der Waals surface area contributed by atoms with Gasteiger partial charge < -0.3 is 15.5 Å². The SMILES string of the molecule is Cc1ccccc1CC(=O)NCC(C)(O)C(=O)O. The Morgan fingerprint density at radius 2 is 1.94 bits per heavy atom. The lowest BCUT2D eigenvalue weighted by Gasteiger charge is -2.18. The Morgan fingerprint density at radius 1 is 1.33 bits per heavy atom. The number of nitrogens with one attached hydrogen (secondary N) is 1. The van der Waals surface area contributed by atoms with Gasteiger partial charge in [-0.3, -0.25) is 4.79 Å². The molecule has 3 N–H and O–H groups in total. The maximum Gasteiger partial charge on any atom is 0.337 e. The Kier molecular flexibility index (Phi) is 4.44. The van der Waals surface area contributed by atoms with Gasteiger partial charge in [0.25, 0.3) is 0 Å². The van der Waals surface area contributed by atoms with Gasteiger partial charge in [0.05, 0.1) is 13.0 Å². The van der Waals surface area contributed by atoms with Gasteiger partial charge in [-0.1, -0.05) is 24.3 Å². The number of aryl methyl sites for hydroxylation is 1. The van der Waals surface area contributed by atoms with Crippen molar-refractivity contribution in [2.75, 3.05) is 6.54 Å². The molecule has 0 aromatic heterocycles. The van der Waals surface area contributed by atoms with E-state index in [0.717, 1.165) is 18.1 Å². The van der Waals surface area contributed by atoms with E-state index >= 15 is 0 Å². The number of carbonyl (C=O) groups excluding carboxylic acids is 1. The van der Waals surface area contributed by atoms with Crippen LogP contribution in [0.25, 0.3) is 0 Å². The standard InChI is InChI=1S/C13H17NO4/c1-9-5-3-4-6-10(9)7-11(15)14-8-13(2,18)12(16)17/h3-6,18H,7-8H2,1-2H3,(H,14,15)(H,16,17).